The van der Waals surface area contributed by atoms with Crippen molar-refractivity contribution in [3.8, 4) is 0 Å². The average Bonchev–Trinajstić information content (AvgIpc) is 2.84. The standard InChI is InChI=1S/C17H18N2O/c20-17(12-8-14-5-6-15(9-12)19-14)13-7-11-3-1-2-4-16(11)18-10-13/h1-4,7,10,12,14-15,19H,5-6,8-9H2. The van der Waals surface area contributed by atoms with Gasteiger partial charge in [0.15, 0.2) is 5.78 Å². The van der Waals surface area contributed by atoms with E-state index in [-0.39, 0.29) is 11.7 Å². The number of aromatic nitrogens is 1. The zero-order valence-electron chi connectivity index (χ0n) is 11.4. The van der Waals surface area contributed by atoms with Crippen LogP contribution >= 0.6 is 0 Å². The first kappa shape index (κ1) is 12.0. The van der Waals surface area contributed by atoms with E-state index in [2.05, 4.69) is 10.3 Å². The van der Waals surface area contributed by atoms with Crippen molar-refractivity contribution in [3.05, 3.63) is 42.1 Å². The number of nitrogens with one attached hydrogen (secondary N) is 1. The molecule has 2 aromatic rings. The van der Waals surface area contributed by atoms with Crippen LogP contribution in [0.4, 0.5) is 0 Å². The number of para-hydroxylation sites is 1. The Labute approximate surface area is 118 Å². The number of hydrogen-bond acceptors (Lipinski definition) is 3. The van der Waals surface area contributed by atoms with Gasteiger partial charge in [-0.25, -0.2) is 0 Å². The Morgan fingerprint density at radius 3 is 2.70 bits per heavy atom. The predicted molar refractivity (Wildman–Crippen MR) is 78.7 cm³/mol. The molecule has 1 N–H and O–H groups in total. The number of rotatable bonds is 2. The molecular weight excluding hydrogens is 248 g/mol. The molecule has 4 rings (SSSR count). The first-order valence-electron chi connectivity index (χ1n) is 7.44. The molecule has 1 aromatic heterocycles. The van der Waals surface area contributed by atoms with Crippen LogP contribution in [0.2, 0.25) is 0 Å². The van der Waals surface area contributed by atoms with E-state index in [1.165, 1.54) is 12.8 Å². The minimum absolute atomic E-state index is 0.178. The Kier molecular flexibility index (Phi) is 2.81. The second kappa shape index (κ2) is 4.67. The van der Waals surface area contributed by atoms with Crippen molar-refractivity contribution in [2.45, 2.75) is 37.8 Å². The summed E-state index contributed by atoms with van der Waals surface area (Å²) in [7, 11) is 0. The Morgan fingerprint density at radius 1 is 1.15 bits per heavy atom. The minimum atomic E-state index is 0.178. The van der Waals surface area contributed by atoms with Crippen LogP contribution in [-0.2, 0) is 0 Å². The summed E-state index contributed by atoms with van der Waals surface area (Å²) in [6, 6.07) is 11.1. The molecular formula is C17H18N2O. The summed E-state index contributed by atoms with van der Waals surface area (Å²) in [5, 5.41) is 4.64. The van der Waals surface area contributed by atoms with E-state index in [1.807, 2.05) is 30.3 Å². The van der Waals surface area contributed by atoms with Crippen molar-refractivity contribution < 1.29 is 4.79 Å². The SMILES string of the molecule is O=C(c1cnc2ccccc2c1)C1CC2CCC(C1)N2. The molecule has 3 heteroatoms. The van der Waals surface area contributed by atoms with E-state index in [1.54, 1.807) is 6.20 Å². The molecule has 2 atom stereocenters. The molecule has 20 heavy (non-hydrogen) atoms. The number of carbonyl (C=O) groups excluding carboxylic acids is 1. The van der Waals surface area contributed by atoms with Gasteiger partial charge in [-0.15, -0.1) is 0 Å². The lowest BCUT2D eigenvalue weighted by atomic mass is 9.86. The third-order valence-corrected chi connectivity index (χ3v) is 4.72. The average molecular weight is 266 g/mol. The van der Waals surface area contributed by atoms with E-state index in [0.717, 1.165) is 29.3 Å². The Balaban J connectivity index is 1.63. The second-order valence-electron chi connectivity index (χ2n) is 6.09. The van der Waals surface area contributed by atoms with Crippen LogP contribution in [0.1, 0.15) is 36.0 Å². The summed E-state index contributed by atoms with van der Waals surface area (Å²) in [5.74, 6) is 0.457. The molecule has 0 radical (unpaired) electrons. The summed E-state index contributed by atoms with van der Waals surface area (Å²) in [5.41, 5.74) is 1.73. The van der Waals surface area contributed by atoms with E-state index in [4.69, 9.17) is 0 Å². The van der Waals surface area contributed by atoms with Gasteiger partial charge in [0.2, 0.25) is 0 Å². The van der Waals surface area contributed by atoms with Gasteiger partial charge in [0.25, 0.3) is 0 Å². The first-order valence-corrected chi connectivity index (χ1v) is 7.44. The van der Waals surface area contributed by atoms with Crippen LogP contribution < -0.4 is 5.32 Å². The maximum absolute atomic E-state index is 12.7. The number of ketones is 1. The number of pyridine rings is 1. The van der Waals surface area contributed by atoms with Crippen LogP contribution in [0, 0.1) is 5.92 Å². The summed E-state index contributed by atoms with van der Waals surface area (Å²) in [4.78, 5) is 17.1. The van der Waals surface area contributed by atoms with Crippen LogP contribution in [0.25, 0.3) is 10.9 Å². The van der Waals surface area contributed by atoms with Crippen LogP contribution in [0.15, 0.2) is 36.5 Å². The molecule has 2 aliphatic heterocycles. The van der Waals surface area contributed by atoms with Crippen molar-refractivity contribution in [2.24, 2.45) is 5.92 Å². The fourth-order valence-electron chi connectivity index (χ4n) is 3.71. The van der Waals surface area contributed by atoms with Crippen molar-refractivity contribution in [1.82, 2.24) is 10.3 Å². The molecule has 3 heterocycles. The third-order valence-electron chi connectivity index (χ3n) is 4.72. The normalized spacial score (nSPS) is 28.7. The van der Waals surface area contributed by atoms with Crippen LogP contribution in [-0.4, -0.2) is 22.9 Å². The highest BCUT2D eigenvalue weighted by Crippen LogP contribution is 2.33. The molecule has 2 saturated heterocycles. The molecule has 2 bridgehead atoms. The van der Waals surface area contributed by atoms with Gasteiger partial charge in [-0.2, -0.15) is 0 Å². The fourth-order valence-corrected chi connectivity index (χ4v) is 3.71. The predicted octanol–water partition coefficient (Wildman–Crippen LogP) is 2.95. The van der Waals surface area contributed by atoms with E-state index in [9.17, 15) is 4.79 Å². The van der Waals surface area contributed by atoms with E-state index in [0.29, 0.717) is 12.1 Å². The lowest BCUT2D eigenvalue weighted by Crippen LogP contribution is -2.40. The lowest BCUT2D eigenvalue weighted by molar-refractivity contribution is 0.0875. The molecule has 2 aliphatic rings. The fraction of sp³-hybridized carbons (Fsp3) is 0.412. The van der Waals surface area contributed by atoms with Gasteiger partial charge in [-0.3, -0.25) is 9.78 Å². The zero-order valence-corrected chi connectivity index (χ0v) is 11.4. The highest BCUT2D eigenvalue weighted by atomic mass is 16.1. The largest absolute Gasteiger partial charge is 0.311 e. The molecule has 0 amide bonds. The van der Waals surface area contributed by atoms with Gasteiger partial charge in [0, 0.05) is 35.1 Å². The van der Waals surface area contributed by atoms with Crippen LogP contribution in [0.5, 0.6) is 0 Å². The number of piperidine rings is 1. The number of hydrogen-bond donors (Lipinski definition) is 1. The zero-order chi connectivity index (χ0) is 13.5. The Hall–Kier alpha value is -1.74. The molecule has 0 saturated carbocycles. The molecule has 0 spiro atoms. The molecule has 2 unspecified atom stereocenters. The number of carbonyl (C=O) groups is 1. The lowest BCUT2D eigenvalue weighted by Gasteiger charge is -2.28. The topological polar surface area (TPSA) is 42.0 Å². The minimum Gasteiger partial charge on any atom is -0.311 e. The number of benzene rings is 1. The maximum Gasteiger partial charge on any atom is 0.167 e. The summed E-state index contributed by atoms with van der Waals surface area (Å²) < 4.78 is 0. The van der Waals surface area contributed by atoms with E-state index >= 15 is 0 Å². The highest BCUT2D eigenvalue weighted by Gasteiger charge is 2.36. The quantitative estimate of drug-likeness (QED) is 0.850. The first-order chi connectivity index (χ1) is 9.79. The third kappa shape index (κ3) is 2.02. The van der Waals surface area contributed by atoms with Gasteiger partial charge in [0.1, 0.15) is 0 Å². The van der Waals surface area contributed by atoms with Crippen molar-refractivity contribution in [2.75, 3.05) is 0 Å². The Bertz CT molecular complexity index is 655. The maximum atomic E-state index is 12.7. The van der Waals surface area contributed by atoms with Gasteiger partial charge in [-0.05, 0) is 37.8 Å². The molecule has 0 aliphatic carbocycles. The van der Waals surface area contributed by atoms with Gasteiger partial charge in [0.05, 0.1) is 5.52 Å². The van der Waals surface area contributed by atoms with Crippen molar-refractivity contribution in [1.29, 1.82) is 0 Å². The van der Waals surface area contributed by atoms with Crippen LogP contribution in [0.3, 0.4) is 0 Å². The summed E-state index contributed by atoms with van der Waals surface area (Å²) in [6.45, 7) is 0. The van der Waals surface area contributed by atoms with E-state index < -0.39 is 0 Å². The van der Waals surface area contributed by atoms with Crippen molar-refractivity contribution >= 4 is 16.7 Å². The number of nitrogens with zero attached hydrogens (tertiary/aromatic N) is 1. The van der Waals surface area contributed by atoms with Gasteiger partial charge in [-0.1, -0.05) is 18.2 Å². The Morgan fingerprint density at radius 2 is 1.90 bits per heavy atom. The molecule has 3 nitrogen and oxygen atoms in total. The number of Topliss-reactive ketones (excluding diaryl/α,β-unsaturated/α-hetero) is 1. The molecule has 102 valence electrons. The summed E-state index contributed by atoms with van der Waals surface area (Å²) >= 11 is 0. The molecule has 2 fully saturated rings. The smallest absolute Gasteiger partial charge is 0.167 e. The number of fused-ring (bicyclic) bond motifs is 3. The van der Waals surface area contributed by atoms with Gasteiger partial charge >= 0.3 is 0 Å². The summed E-state index contributed by atoms with van der Waals surface area (Å²) in [6.07, 6.45) is 6.17. The second-order valence-corrected chi connectivity index (χ2v) is 6.09. The van der Waals surface area contributed by atoms with Crippen molar-refractivity contribution in [3.63, 3.8) is 0 Å². The highest BCUT2D eigenvalue weighted by molar-refractivity contribution is 6.00. The molecule has 1 aromatic carbocycles. The van der Waals surface area contributed by atoms with Gasteiger partial charge < -0.3 is 5.32 Å². The monoisotopic (exact) mass is 266 g/mol.